The molecule has 0 amide bonds. The molecule has 1 atom stereocenters. The highest BCUT2D eigenvalue weighted by atomic mass is 79.9. The first-order chi connectivity index (χ1) is 8.70. The maximum Gasteiger partial charge on any atom is 0.127 e. The quantitative estimate of drug-likeness (QED) is 0.729. The van der Waals surface area contributed by atoms with Crippen LogP contribution in [0.25, 0.3) is 0 Å². The van der Waals surface area contributed by atoms with Crippen molar-refractivity contribution in [3.05, 3.63) is 34.6 Å². The van der Waals surface area contributed by atoms with E-state index in [1.54, 1.807) is 12.1 Å². The number of hydrogen-bond donors (Lipinski definition) is 0. The minimum Gasteiger partial charge on any atom is -0.295 e. The molecule has 0 N–H and O–H groups in total. The van der Waals surface area contributed by atoms with Crippen molar-refractivity contribution in [2.75, 3.05) is 11.9 Å². The first-order valence-electron chi connectivity index (χ1n) is 6.44. The Kier molecular flexibility index (Phi) is 5.46. The lowest BCUT2D eigenvalue weighted by Crippen LogP contribution is -2.35. The molecule has 2 rings (SSSR count). The second-order valence-corrected chi connectivity index (χ2v) is 5.95. The van der Waals surface area contributed by atoms with Crippen molar-refractivity contribution in [1.82, 2.24) is 4.90 Å². The number of rotatable bonds is 3. The van der Waals surface area contributed by atoms with Crippen molar-refractivity contribution >= 4 is 27.5 Å². The molecule has 1 nitrogen and oxygen atoms in total. The van der Waals surface area contributed by atoms with E-state index in [4.69, 9.17) is 11.6 Å². The molecule has 18 heavy (non-hydrogen) atoms. The summed E-state index contributed by atoms with van der Waals surface area (Å²) in [6.45, 7) is 1.70. The zero-order chi connectivity index (χ0) is 13.0. The van der Waals surface area contributed by atoms with Gasteiger partial charge in [0.15, 0.2) is 0 Å². The molecule has 0 saturated carbocycles. The number of nitrogens with zero attached hydrogens (tertiary/aromatic N) is 1. The van der Waals surface area contributed by atoms with Crippen molar-refractivity contribution in [2.24, 2.45) is 0 Å². The SMILES string of the molecule is Fc1ccc(Cl)cc1CN1CCCCCC1CBr. The smallest absolute Gasteiger partial charge is 0.127 e. The van der Waals surface area contributed by atoms with Gasteiger partial charge in [-0.3, -0.25) is 4.90 Å². The molecular weight excluding hydrogens is 317 g/mol. The highest BCUT2D eigenvalue weighted by molar-refractivity contribution is 9.09. The van der Waals surface area contributed by atoms with Crippen LogP contribution in [0.4, 0.5) is 4.39 Å². The minimum absolute atomic E-state index is 0.156. The average Bonchev–Trinajstić information content (AvgIpc) is 2.59. The van der Waals surface area contributed by atoms with Gasteiger partial charge in [0.25, 0.3) is 0 Å². The first-order valence-corrected chi connectivity index (χ1v) is 7.94. The third kappa shape index (κ3) is 3.69. The van der Waals surface area contributed by atoms with E-state index in [0.717, 1.165) is 11.9 Å². The fraction of sp³-hybridized carbons (Fsp3) is 0.571. The fourth-order valence-corrected chi connectivity index (χ4v) is 3.43. The maximum absolute atomic E-state index is 13.8. The van der Waals surface area contributed by atoms with Crippen LogP contribution >= 0.6 is 27.5 Å². The highest BCUT2D eigenvalue weighted by Gasteiger charge is 2.21. The predicted molar refractivity (Wildman–Crippen MR) is 77.9 cm³/mol. The summed E-state index contributed by atoms with van der Waals surface area (Å²) in [5, 5.41) is 1.56. The summed E-state index contributed by atoms with van der Waals surface area (Å²) in [4.78, 5) is 2.37. The van der Waals surface area contributed by atoms with Crippen molar-refractivity contribution < 1.29 is 4.39 Å². The van der Waals surface area contributed by atoms with Gasteiger partial charge in [-0.2, -0.15) is 0 Å². The molecule has 0 aromatic heterocycles. The number of hydrogen-bond acceptors (Lipinski definition) is 1. The average molecular weight is 335 g/mol. The van der Waals surface area contributed by atoms with Gasteiger partial charge in [0.2, 0.25) is 0 Å². The van der Waals surface area contributed by atoms with E-state index >= 15 is 0 Å². The van der Waals surface area contributed by atoms with Crippen LogP contribution in [0.15, 0.2) is 18.2 Å². The molecule has 0 spiro atoms. The van der Waals surface area contributed by atoms with Gasteiger partial charge in [0.1, 0.15) is 5.82 Å². The van der Waals surface area contributed by atoms with Gasteiger partial charge in [-0.1, -0.05) is 40.4 Å². The van der Waals surface area contributed by atoms with Crippen molar-refractivity contribution in [3.8, 4) is 0 Å². The minimum atomic E-state index is -0.156. The monoisotopic (exact) mass is 333 g/mol. The molecule has 4 heteroatoms. The molecule has 1 fully saturated rings. The summed E-state index contributed by atoms with van der Waals surface area (Å²) in [6, 6.07) is 5.31. The molecule has 1 aliphatic rings. The first kappa shape index (κ1) is 14.3. The molecule has 1 unspecified atom stereocenters. The van der Waals surface area contributed by atoms with E-state index in [9.17, 15) is 4.39 Å². The Morgan fingerprint density at radius 1 is 1.33 bits per heavy atom. The van der Waals surface area contributed by atoms with Gasteiger partial charge < -0.3 is 0 Å². The zero-order valence-corrected chi connectivity index (χ0v) is 12.7. The van der Waals surface area contributed by atoms with E-state index in [1.165, 1.54) is 31.7 Å². The molecule has 1 saturated heterocycles. The number of benzene rings is 1. The number of likely N-dealkylation sites (tertiary alicyclic amines) is 1. The number of alkyl halides is 1. The lowest BCUT2D eigenvalue weighted by Gasteiger charge is -2.28. The summed E-state index contributed by atoms with van der Waals surface area (Å²) >= 11 is 9.51. The van der Waals surface area contributed by atoms with Gasteiger partial charge in [0, 0.05) is 28.5 Å². The Labute approximate surface area is 121 Å². The van der Waals surface area contributed by atoms with Crippen LogP contribution in [0.1, 0.15) is 31.2 Å². The normalized spacial score (nSPS) is 21.8. The van der Waals surface area contributed by atoms with Crippen LogP contribution in [0, 0.1) is 5.82 Å². The maximum atomic E-state index is 13.8. The number of halogens is 3. The van der Waals surface area contributed by atoms with Crippen LogP contribution in [0.3, 0.4) is 0 Å². The van der Waals surface area contributed by atoms with Crippen molar-refractivity contribution in [2.45, 2.75) is 38.3 Å². The molecular formula is C14H18BrClFN. The predicted octanol–water partition coefficient (Wildman–Crippen LogP) is 4.62. The van der Waals surface area contributed by atoms with Crippen LogP contribution in [0.2, 0.25) is 5.02 Å². The van der Waals surface area contributed by atoms with Crippen LogP contribution in [-0.2, 0) is 6.54 Å². The second-order valence-electron chi connectivity index (χ2n) is 4.86. The van der Waals surface area contributed by atoms with Crippen LogP contribution < -0.4 is 0 Å². The Morgan fingerprint density at radius 3 is 2.94 bits per heavy atom. The van der Waals surface area contributed by atoms with E-state index in [1.807, 2.05) is 0 Å². The zero-order valence-electron chi connectivity index (χ0n) is 10.3. The highest BCUT2D eigenvalue weighted by Crippen LogP contribution is 2.23. The largest absolute Gasteiger partial charge is 0.295 e. The summed E-state index contributed by atoms with van der Waals surface area (Å²) in [7, 11) is 0. The van der Waals surface area contributed by atoms with Crippen molar-refractivity contribution in [3.63, 3.8) is 0 Å². The third-order valence-corrected chi connectivity index (χ3v) is 4.54. The van der Waals surface area contributed by atoms with Crippen LogP contribution in [0.5, 0.6) is 0 Å². The molecule has 1 aromatic carbocycles. The summed E-state index contributed by atoms with van der Waals surface area (Å²) in [5.74, 6) is -0.156. The lowest BCUT2D eigenvalue weighted by atomic mass is 10.1. The molecule has 1 aliphatic heterocycles. The molecule has 0 bridgehead atoms. The van der Waals surface area contributed by atoms with Crippen molar-refractivity contribution in [1.29, 1.82) is 0 Å². The molecule has 0 aliphatic carbocycles. The van der Waals surface area contributed by atoms with Gasteiger partial charge in [-0.25, -0.2) is 4.39 Å². The lowest BCUT2D eigenvalue weighted by molar-refractivity contribution is 0.206. The van der Waals surface area contributed by atoms with Gasteiger partial charge >= 0.3 is 0 Å². The molecule has 0 radical (unpaired) electrons. The summed E-state index contributed by atoms with van der Waals surface area (Å²) in [5.41, 5.74) is 0.704. The Bertz CT molecular complexity index is 399. The van der Waals surface area contributed by atoms with E-state index in [-0.39, 0.29) is 5.82 Å². The summed E-state index contributed by atoms with van der Waals surface area (Å²) < 4.78 is 13.8. The molecule has 1 aromatic rings. The third-order valence-electron chi connectivity index (χ3n) is 3.56. The Morgan fingerprint density at radius 2 is 2.17 bits per heavy atom. The second kappa shape index (κ2) is 6.88. The van der Waals surface area contributed by atoms with Gasteiger partial charge in [-0.05, 0) is 37.6 Å². The van der Waals surface area contributed by atoms with Crippen LogP contribution in [-0.4, -0.2) is 22.8 Å². The fourth-order valence-electron chi connectivity index (χ4n) is 2.50. The van der Waals surface area contributed by atoms with Gasteiger partial charge in [-0.15, -0.1) is 0 Å². The van der Waals surface area contributed by atoms with E-state index in [0.29, 0.717) is 23.2 Å². The standard InChI is InChI=1S/C14H18BrClFN/c15-9-13-4-2-1-3-7-18(13)10-11-8-12(16)5-6-14(11)17/h5-6,8,13H,1-4,7,9-10H2. The Hall–Kier alpha value is -0.120. The van der Waals surface area contributed by atoms with E-state index in [2.05, 4.69) is 20.8 Å². The molecule has 100 valence electrons. The van der Waals surface area contributed by atoms with Gasteiger partial charge in [0.05, 0.1) is 0 Å². The Balaban J connectivity index is 2.12. The molecule has 1 heterocycles. The van der Waals surface area contributed by atoms with E-state index < -0.39 is 0 Å². The topological polar surface area (TPSA) is 3.24 Å². The summed E-state index contributed by atoms with van der Waals surface area (Å²) in [6.07, 6.45) is 4.93.